The lowest BCUT2D eigenvalue weighted by molar-refractivity contribution is -0.117. The molecule has 2 N–H and O–H groups in total. The van der Waals surface area contributed by atoms with Crippen molar-refractivity contribution in [3.8, 4) is 0 Å². The Morgan fingerprint density at radius 2 is 2.25 bits per heavy atom. The molecule has 0 radical (unpaired) electrons. The summed E-state index contributed by atoms with van der Waals surface area (Å²) in [6, 6.07) is 0.353. The van der Waals surface area contributed by atoms with E-state index in [9.17, 15) is 4.79 Å². The predicted octanol–water partition coefficient (Wildman–Crippen LogP) is 2.27. The molecule has 0 aromatic heterocycles. The van der Waals surface area contributed by atoms with Gasteiger partial charge in [0.1, 0.15) is 0 Å². The number of fused-ring (bicyclic) bond motifs is 2. The molecule has 1 amide bonds. The van der Waals surface area contributed by atoms with Crippen molar-refractivity contribution in [3.05, 3.63) is 47.2 Å². The summed E-state index contributed by atoms with van der Waals surface area (Å²) in [5, 5.41) is 6.70. The molecule has 2 aliphatic heterocycles. The molecule has 1 aliphatic carbocycles. The number of nitrogens with zero attached hydrogens (tertiary/aromatic N) is 1. The van der Waals surface area contributed by atoms with Crippen LogP contribution in [0.3, 0.4) is 0 Å². The predicted molar refractivity (Wildman–Crippen MR) is 110 cm³/mol. The zero-order chi connectivity index (χ0) is 16.9. The Morgan fingerprint density at radius 1 is 1.42 bits per heavy atom. The summed E-state index contributed by atoms with van der Waals surface area (Å²) in [7, 11) is 0. The molecular weight excluding hydrogens is 413 g/mol. The number of amides is 1. The fourth-order valence-corrected chi connectivity index (χ4v) is 5.70. The molecule has 2 atom stereocenters. The molecule has 0 fully saturated rings. The Bertz CT molecular complexity index is 641. The molecule has 2 unspecified atom stereocenters. The third kappa shape index (κ3) is 3.88. The monoisotopic (exact) mass is 439 g/mol. The van der Waals surface area contributed by atoms with Crippen molar-refractivity contribution in [1.29, 1.82) is 0 Å². The molecule has 0 spiro atoms. The molecular formula is C19H26IN3O. The quantitative estimate of drug-likeness (QED) is 0.493. The maximum atomic E-state index is 12.6. The minimum absolute atomic E-state index is 0.0333. The Kier molecular flexibility index (Phi) is 6.05. The molecule has 2 heterocycles. The number of likely N-dealkylation sites (N-methyl/N-ethyl adjacent to an activating group) is 1. The highest BCUT2D eigenvalue weighted by Crippen LogP contribution is 2.33. The van der Waals surface area contributed by atoms with Gasteiger partial charge in [0.2, 0.25) is 0 Å². The van der Waals surface area contributed by atoms with Gasteiger partial charge in [-0.2, -0.15) is 0 Å². The molecule has 0 bridgehead atoms. The largest absolute Gasteiger partial charge is 0.377 e. The molecule has 0 saturated heterocycles. The smallest absolute Gasteiger partial charge is 0.253 e. The van der Waals surface area contributed by atoms with Gasteiger partial charge in [-0.05, 0) is 29.1 Å². The molecule has 4 nitrogen and oxygen atoms in total. The van der Waals surface area contributed by atoms with Crippen molar-refractivity contribution in [3.63, 3.8) is 0 Å². The third-order valence-electron chi connectivity index (χ3n) is 4.69. The van der Waals surface area contributed by atoms with Crippen LogP contribution in [0, 0.1) is 0 Å². The van der Waals surface area contributed by atoms with Crippen molar-refractivity contribution in [1.82, 2.24) is 15.5 Å². The standard InChI is InChI=1S/C19H26IN3O/c1-3-23(4-2)12-11-21-19(24)15-8-5-7-14-13-16-17(22-18(14)15)9-6-10-20-16/h5-6,8-10,13,16-17,22H,3-4,7,11-12H2,1-2H3,(H,21,24). The van der Waals surface area contributed by atoms with Crippen LogP contribution in [0.4, 0.5) is 0 Å². The van der Waals surface area contributed by atoms with E-state index in [0.29, 0.717) is 16.5 Å². The highest BCUT2D eigenvalue weighted by molar-refractivity contribution is 14.2. The summed E-state index contributed by atoms with van der Waals surface area (Å²) in [5.41, 5.74) is 3.11. The lowest BCUT2D eigenvalue weighted by Gasteiger charge is -2.33. The average Bonchev–Trinajstić information content (AvgIpc) is 2.63. The summed E-state index contributed by atoms with van der Waals surface area (Å²) in [4.78, 5) is 15.0. The number of rotatable bonds is 6. The van der Waals surface area contributed by atoms with E-state index in [-0.39, 0.29) is 26.6 Å². The van der Waals surface area contributed by atoms with Crippen LogP contribution in [-0.2, 0) is 4.79 Å². The van der Waals surface area contributed by atoms with Crippen LogP contribution in [0.25, 0.3) is 0 Å². The van der Waals surface area contributed by atoms with Crippen LogP contribution in [0.2, 0.25) is 0 Å². The first-order valence-electron chi connectivity index (χ1n) is 8.73. The fraction of sp³-hybridized carbons (Fsp3) is 0.474. The van der Waals surface area contributed by atoms with E-state index in [1.165, 1.54) is 5.57 Å². The number of nitrogens with one attached hydrogen (secondary N) is 2. The van der Waals surface area contributed by atoms with Gasteiger partial charge in [0.05, 0.1) is 17.3 Å². The van der Waals surface area contributed by atoms with Crippen molar-refractivity contribution in [2.45, 2.75) is 30.2 Å². The molecule has 0 aromatic carbocycles. The minimum atomic E-state index is 0.0333. The number of carbonyl (C=O) groups excluding carboxylic acids is 1. The molecule has 5 heteroatoms. The Balaban J connectivity index is 1.71. The van der Waals surface area contributed by atoms with Gasteiger partial charge in [0.25, 0.3) is 5.91 Å². The van der Waals surface area contributed by atoms with E-state index in [1.807, 2.05) is 6.08 Å². The SMILES string of the molecule is CCN(CC)CCNC(=O)C1=C2NC3C=CC=IC3C=C2CC=C1. The van der Waals surface area contributed by atoms with Crippen molar-refractivity contribution < 1.29 is 4.79 Å². The maximum Gasteiger partial charge on any atom is 0.253 e. The second-order valence-electron chi connectivity index (χ2n) is 6.12. The van der Waals surface area contributed by atoms with Crippen molar-refractivity contribution in [2.75, 3.05) is 26.2 Å². The highest BCUT2D eigenvalue weighted by atomic mass is 127. The first kappa shape index (κ1) is 17.6. The van der Waals surface area contributed by atoms with Crippen LogP contribution in [0.15, 0.2) is 47.2 Å². The number of allylic oxidation sites excluding steroid dienone is 3. The van der Waals surface area contributed by atoms with E-state index >= 15 is 0 Å². The summed E-state index contributed by atoms with van der Waals surface area (Å²) in [6.07, 6.45) is 11.8. The van der Waals surface area contributed by atoms with Crippen molar-refractivity contribution in [2.24, 2.45) is 0 Å². The van der Waals surface area contributed by atoms with Gasteiger partial charge in [-0.15, -0.1) is 20.7 Å². The van der Waals surface area contributed by atoms with Gasteiger partial charge in [-0.1, -0.05) is 44.2 Å². The number of hydrogen-bond donors (Lipinski definition) is 2. The minimum Gasteiger partial charge on any atom is -0.377 e. The van der Waals surface area contributed by atoms with Crippen LogP contribution in [0.5, 0.6) is 0 Å². The molecule has 3 aliphatic rings. The number of halogens is 1. The Hall–Kier alpha value is -1.21. The average molecular weight is 439 g/mol. The van der Waals surface area contributed by atoms with Crippen molar-refractivity contribution >= 4 is 30.6 Å². The lowest BCUT2D eigenvalue weighted by atomic mass is 9.91. The summed E-state index contributed by atoms with van der Waals surface area (Å²) in [5.74, 6) is 0.0333. The lowest BCUT2D eigenvalue weighted by Crippen LogP contribution is -2.42. The highest BCUT2D eigenvalue weighted by Gasteiger charge is 2.29. The van der Waals surface area contributed by atoms with E-state index in [2.05, 4.69) is 57.7 Å². The molecule has 3 rings (SSSR count). The summed E-state index contributed by atoms with van der Waals surface area (Å²) >= 11 is 0.0642. The summed E-state index contributed by atoms with van der Waals surface area (Å²) < 4.78 is 2.94. The van der Waals surface area contributed by atoms with Gasteiger partial charge in [0, 0.05) is 17.0 Å². The first-order chi connectivity index (χ1) is 11.7. The van der Waals surface area contributed by atoms with E-state index in [4.69, 9.17) is 0 Å². The topological polar surface area (TPSA) is 44.4 Å². The Morgan fingerprint density at radius 3 is 3.04 bits per heavy atom. The zero-order valence-electron chi connectivity index (χ0n) is 14.4. The number of hydrogen-bond acceptors (Lipinski definition) is 3. The summed E-state index contributed by atoms with van der Waals surface area (Å²) in [6.45, 7) is 7.92. The van der Waals surface area contributed by atoms with E-state index in [1.54, 1.807) is 0 Å². The maximum absolute atomic E-state index is 12.6. The van der Waals surface area contributed by atoms with Gasteiger partial charge >= 0.3 is 0 Å². The van der Waals surface area contributed by atoms with Gasteiger partial charge in [-0.3, -0.25) is 4.79 Å². The molecule has 0 aromatic rings. The van der Waals surface area contributed by atoms with E-state index in [0.717, 1.165) is 37.3 Å². The zero-order valence-corrected chi connectivity index (χ0v) is 16.5. The Labute approximate surface area is 154 Å². The van der Waals surface area contributed by atoms with Gasteiger partial charge in [-0.25, -0.2) is 0 Å². The van der Waals surface area contributed by atoms with Crippen LogP contribution in [-0.4, -0.2) is 51.0 Å². The number of alkyl halides is 1. The van der Waals surface area contributed by atoms with Crippen LogP contribution in [0.1, 0.15) is 20.3 Å². The van der Waals surface area contributed by atoms with E-state index < -0.39 is 0 Å². The van der Waals surface area contributed by atoms with Gasteiger partial charge in [0.15, 0.2) is 0 Å². The second kappa shape index (κ2) is 8.25. The van der Waals surface area contributed by atoms with Gasteiger partial charge < -0.3 is 15.5 Å². The number of carbonyl (C=O) groups is 1. The molecule has 24 heavy (non-hydrogen) atoms. The fourth-order valence-electron chi connectivity index (χ4n) is 3.23. The van der Waals surface area contributed by atoms with Crippen LogP contribution >= 0.6 is 20.7 Å². The second-order valence-corrected chi connectivity index (χ2v) is 9.00. The third-order valence-corrected chi connectivity index (χ3v) is 7.48. The molecule has 130 valence electrons. The normalized spacial score (nSPS) is 24.7. The van der Waals surface area contributed by atoms with Crippen LogP contribution < -0.4 is 10.6 Å². The first-order valence-corrected chi connectivity index (χ1v) is 11.2. The molecule has 0 saturated carbocycles.